The van der Waals surface area contributed by atoms with Crippen LogP contribution in [0.2, 0.25) is 0 Å². The standard InChI is InChI=1S/C36H42O2/c1-33(2)9-10-34(3,4)26-14-20-19(13-25(26)33)31-21-15-27-28(36(7,8)12-11-35(27,5)6)16-22(21)32(20)24-18-30(38)29(37)17-23(24)31/h13-18,31-32,37-38H,9-12H2,1-8H3. The first-order valence-corrected chi connectivity index (χ1v) is 14.6. The number of phenols is 2. The molecule has 0 amide bonds. The Morgan fingerprint density at radius 2 is 0.632 bits per heavy atom. The number of fused-ring (bicyclic) bond motifs is 2. The summed E-state index contributed by atoms with van der Waals surface area (Å²) in [6.07, 6.45) is 4.77. The van der Waals surface area contributed by atoms with Crippen LogP contribution in [0, 0.1) is 0 Å². The zero-order valence-electron chi connectivity index (χ0n) is 24.3. The van der Waals surface area contributed by atoms with Gasteiger partial charge in [0.05, 0.1) is 0 Å². The van der Waals surface area contributed by atoms with E-state index in [1.807, 2.05) is 12.1 Å². The van der Waals surface area contributed by atoms with Gasteiger partial charge in [0, 0.05) is 11.8 Å². The van der Waals surface area contributed by atoms with Crippen molar-refractivity contribution in [2.24, 2.45) is 0 Å². The Morgan fingerprint density at radius 1 is 0.421 bits per heavy atom. The molecule has 2 nitrogen and oxygen atoms in total. The summed E-state index contributed by atoms with van der Waals surface area (Å²) in [6, 6.07) is 13.8. The third kappa shape index (κ3) is 3.01. The number of rotatable bonds is 0. The van der Waals surface area contributed by atoms with Crippen LogP contribution < -0.4 is 0 Å². The van der Waals surface area contributed by atoms with E-state index in [9.17, 15) is 10.2 Å². The van der Waals surface area contributed by atoms with E-state index in [2.05, 4.69) is 79.7 Å². The van der Waals surface area contributed by atoms with E-state index in [0.717, 1.165) is 11.1 Å². The average Bonchev–Trinajstić information content (AvgIpc) is 2.84. The minimum atomic E-state index is -0.0155. The maximum atomic E-state index is 10.6. The third-order valence-corrected chi connectivity index (χ3v) is 11.2. The van der Waals surface area contributed by atoms with Gasteiger partial charge in [0.1, 0.15) is 0 Å². The van der Waals surface area contributed by atoms with Gasteiger partial charge in [0.15, 0.2) is 11.5 Å². The number of aromatic hydroxyl groups is 2. The van der Waals surface area contributed by atoms with Crippen molar-refractivity contribution in [3.05, 3.63) is 92.0 Å². The van der Waals surface area contributed by atoms with Gasteiger partial charge in [-0.05, 0) is 115 Å². The maximum absolute atomic E-state index is 10.6. The van der Waals surface area contributed by atoms with E-state index in [-0.39, 0.29) is 45.0 Å². The molecular weight excluding hydrogens is 464 g/mol. The SMILES string of the molecule is CC1(C)CCC(C)(C)c2cc3c(cc21)C1c2cc(O)c(O)cc2C3c2cc3c(cc21)C(C)(C)CCC3(C)C. The maximum Gasteiger partial charge on any atom is 0.157 e. The highest BCUT2D eigenvalue weighted by molar-refractivity contribution is 5.73. The second kappa shape index (κ2) is 7.06. The highest BCUT2D eigenvalue weighted by atomic mass is 16.3. The van der Waals surface area contributed by atoms with E-state index in [4.69, 9.17) is 0 Å². The molecule has 8 rings (SSSR count). The molecule has 38 heavy (non-hydrogen) atoms. The summed E-state index contributed by atoms with van der Waals surface area (Å²) in [7, 11) is 0. The van der Waals surface area contributed by atoms with Crippen LogP contribution in [-0.2, 0) is 21.7 Å². The molecule has 0 spiro atoms. The summed E-state index contributed by atoms with van der Waals surface area (Å²) in [5, 5.41) is 21.3. The summed E-state index contributed by atoms with van der Waals surface area (Å²) in [4.78, 5) is 0. The van der Waals surface area contributed by atoms with Gasteiger partial charge < -0.3 is 10.2 Å². The lowest BCUT2D eigenvalue weighted by atomic mass is 9.55. The minimum Gasteiger partial charge on any atom is -0.504 e. The molecule has 0 atom stereocenters. The van der Waals surface area contributed by atoms with Crippen molar-refractivity contribution < 1.29 is 10.2 Å². The predicted octanol–water partition coefficient (Wildman–Crippen LogP) is 8.78. The molecule has 0 fully saturated rings. The highest BCUT2D eigenvalue weighted by Crippen LogP contribution is 2.61. The van der Waals surface area contributed by atoms with Crippen LogP contribution in [-0.4, -0.2) is 10.2 Å². The molecule has 198 valence electrons. The lowest BCUT2D eigenvalue weighted by Crippen LogP contribution is -2.38. The molecule has 2 heteroatoms. The quantitative estimate of drug-likeness (QED) is 0.206. The van der Waals surface area contributed by atoms with Crippen molar-refractivity contribution in [1.29, 1.82) is 0 Å². The van der Waals surface area contributed by atoms with Crippen molar-refractivity contribution in [3.8, 4) is 11.5 Å². The fourth-order valence-corrected chi connectivity index (χ4v) is 8.41. The Hall–Kier alpha value is -2.74. The van der Waals surface area contributed by atoms with Gasteiger partial charge in [-0.25, -0.2) is 0 Å². The number of hydrogen-bond acceptors (Lipinski definition) is 2. The third-order valence-electron chi connectivity index (χ3n) is 11.2. The predicted molar refractivity (Wildman–Crippen MR) is 155 cm³/mol. The molecule has 3 aromatic rings. The van der Waals surface area contributed by atoms with Crippen LogP contribution in [0.5, 0.6) is 11.5 Å². The largest absolute Gasteiger partial charge is 0.504 e. The smallest absolute Gasteiger partial charge is 0.157 e. The number of phenolic OH excluding ortho intramolecular Hbond substituents is 2. The molecule has 2 bridgehead atoms. The van der Waals surface area contributed by atoms with Crippen LogP contribution in [0.1, 0.15) is 149 Å². The van der Waals surface area contributed by atoms with Gasteiger partial charge >= 0.3 is 0 Å². The summed E-state index contributed by atoms with van der Waals surface area (Å²) < 4.78 is 0. The molecule has 0 saturated heterocycles. The van der Waals surface area contributed by atoms with E-state index >= 15 is 0 Å². The second-order valence-corrected chi connectivity index (χ2v) is 15.4. The Balaban J connectivity index is 1.57. The highest BCUT2D eigenvalue weighted by Gasteiger charge is 2.47. The zero-order chi connectivity index (χ0) is 27.2. The Kier molecular flexibility index (Phi) is 4.52. The molecule has 0 aromatic heterocycles. The first-order valence-electron chi connectivity index (χ1n) is 14.6. The summed E-state index contributed by atoms with van der Waals surface area (Å²) in [5.41, 5.74) is 14.4. The Labute approximate surface area is 228 Å². The Bertz CT molecular complexity index is 1350. The first-order chi connectivity index (χ1) is 17.6. The van der Waals surface area contributed by atoms with Crippen molar-refractivity contribution in [1.82, 2.24) is 0 Å². The van der Waals surface area contributed by atoms with Gasteiger partial charge in [-0.1, -0.05) is 79.7 Å². The normalized spacial score (nSPS) is 26.0. The van der Waals surface area contributed by atoms with Gasteiger partial charge in [0.2, 0.25) is 0 Å². The molecule has 5 aliphatic rings. The van der Waals surface area contributed by atoms with Crippen LogP contribution in [0.3, 0.4) is 0 Å². The fourth-order valence-electron chi connectivity index (χ4n) is 8.41. The molecular formula is C36H42O2. The van der Waals surface area contributed by atoms with Gasteiger partial charge in [-0.15, -0.1) is 0 Å². The molecule has 0 saturated carbocycles. The second-order valence-electron chi connectivity index (χ2n) is 15.4. The Morgan fingerprint density at radius 3 is 0.868 bits per heavy atom. The van der Waals surface area contributed by atoms with Crippen LogP contribution in [0.15, 0.2) is 36.4 Å². The number of benzene rings is 3. The van der Waals surface area contributed by atoms with Crippen LogP contribution in [0.25, 0.3) is 0 Å². The molecule has 0 radical (unpaired) electrons. The fraction of sp³-hybridized carbons (Fsp3) is 0.500. The van der Waals surface area contributed by atoms with Gasteiger partial charge in [-0.2, -0.15) is 0 Å². The van der Waals surface area contributed by atoms with E-state index in [1.165, 1.54) is 70.2 Å². The van der Waals surface area contributed by atoms with E-state index in [0.29, 0.717) is 0 Å². The lowest BCUT2D eigenvalue weighted by molar-refractivity contribution is 0.329. The van der Waals surface area contributed by atoms with Crippen LogP contribution >= 0.6 is 0 Å². The molecule has 5 aliphatic carbocycles. The minimum absolute atomic E-state index is 0.0155. The van der Waals surface area contributed by atoms with Crippen molar-refractivity contribution in [2.45, 2.75) is 115 Å². The summed E-state index contributed by atoms with van der Waals surface area (Å²) >= 11 is 0. The average molecular weight is 507 g/mol. The monoisotopic (exact) mass is 506 g/mol. The summed E-state index contributed by atoms with van der Waals surface area (Å²) in [6.45, 7) is 19.2. The van der Waals surface area contributed by atoms with Gasteiger partial charge in [0.25, 0.3) is 0 Å². The van der Waals surface area contributed by atoms with Crippen LogP contribution in [0.4, 0.5) is 0 Å². The molecule has 0 aliphatic heterocycles. The van der Waals surface area contributed by atoms with E-state index in [1.54, 1.807) is 0 Å². The van der Waals surface area contributed by atoms with E-state index < -0.39 is 0 Å². The summed E-state index contributed by atoms with van der Waals surface area (Å²) in [5.74, 6) is 0.115. The lowest BCUT2D eigenvalue weighted by Gasteiger charge is -2.49. The molecule has 2 N–H and O–H groups in total. The zero-order valence-corrected chi connectivity index (χ0v) is 24.3. The van der Waals surface area contributed by atoms with Crippen molar-refractivity contribution in [2.75, 3.05) is 0 Å². The number of hydrogen-bond donors (Lipinski definition) is 2. The molecule has 0 unspecified atom stereocenters. The topological polar surface area (TPSA) is 40.5 Å². The molecule has 3 aromatic carbocycles. The molecule has 0 heterocycles. The van der Waals surface area contributed by atoms with Crippen molar-refractivity contribution >= 4 is 0 Å². The first kappa shape index (κ1) is 24.3. The van der Waals surface area contributed by atoms with Crippen molar-refractivity contribution in [3.63, 3.8) is 0 Å². The van der Waals surface area contributed by atoms with Gasteiger partial charge in [-0.3, -0.25) is 0 Å².